The molecule has 2 aromatic heterocycles. The average Bonchev–Trinajstić information content (AvgIpc) is 3.49. The first-order valence-corrected chi connectivity index (χ1v) is 11.5. The molecule has 2 aromatic carbocycles. The number of nitrogens with one attached hydrogen (secondary N) is 2. The number of hydrogen-bond acceptors (Lipinski definition) is 8. The summed E-state index contributed by atoms with van der Waals surface area (Å²) in [5.74, 6) is 3.53. The highest BCUT2D eigenvalue weighted by molar-refractivity contribution is 8.00. The lowest BCUT2D eigenvalue weighted by Gasteiger charge is -2.12. The normalized spacial score (nSPS) is 10.7. The van der Waals surface area contributed by atoms with Gasteiger partial charge in [0, 0.05) is 18.3 Å². The Morgan fingerprint density at radius 1 is 1.14 bits per heavy atom. The number of ether oxygens (including phenoxy) is 2. The molecule has 9 nitrogen and oxygen atoms in total. The van der Waals surface area contributed by atoms with E-state index in [2.05, 4.69) is 40.2 Å². The van der Waals surface area contributed by atoms with Crippen molar-refractivity contribution < 1.29 is 18.8 Å². The molecule has 10 heteroatoms. The predicted molar refractivity (Wildman–Crippen MR) is 135 cm³/mol. The second kappa shape index (κ2) is 10.4. The number of nitrogens with zero attached hydrogens (tertiary/aromatic N) is 3. The molecule has 0 saturated heterocycles. The van der Waals surface area contributed by atoms with E-state index in [-0.39, 0.29) is 0 Å². The number of fused-ring (bicyclic) bond motifs is 1. The first-order valence-electron chi connectivity index (χ1n) is 10.7. The van der Waals surface area contributed by atoms with Crippen LogP contribution in [0.1, 0.15) is 22.3 Å². The van der Waals surface area contributed by atoms with Crippen molar-refractivity contribution in [1.29, 1.82) is 0 Å². The van der Waals surface area contributed by atoms with Crippen LogP contribution in [0.3, 0.4) is 0 Å². The van der Waals surface area contributed by atoms with Crippen LogP contribution < -0.4 is 19.5 Å². The van der Waals surface area contributed by atoms with Gasteiger partial charge in [-0.25, -0.2) is 0 Å². The SMILES string of the molecule is C#CC(=O)NCc1cnn(Cc2cc(OC)c3c(NSc4cc(C)c(C)cc4OC)noc3c2)c1. The molecule has 180 valence electrons. The molecule has 0 saturated carbocycles. The van der Waals surface area contributed by atoms with Gasteiger partial charge >= 0.3 is 0 Å². The maximum absolute atomic E-state index is 11.2. The van der Waals surface area contributed by atoms with Gasteiger partial charge in [-0.3, -0.25) is 9.48 Å². The Balaban J connectivity index is 1.53. The smallest absolute Gasteiger partial charge is 0.295 e. The minimum absolute atomic E-state index is 0.311. The van der Waals surface area contributed by atoms with Gasteiger partial charge in [0.2, 0.25) is 0 Å². The summed E-state index contributed by atoms with van der Waals surface area (Å²) >= 11 is 1.39. The Morgan fingerprint density at radius 3 is 2.66 bits per heavy atom. The van der Waals surface area contributed by atoms with Crippen LogP contribution in [0, 0.1) is 26.2 Å². The number of carbonyl (C=O) groups is 1. The van der Waals surface area contributed by atoms with Crippen LogP contribution >= 0.6 is 11.9 Å². The van der Waals surface area contributed by atoms with Gasteiger partial charge in [0.15, 0.2) is 11.4 Å². The molecular formula is C25H25N5O4S. The Morgan fingerprint density at radius 2 is 1.91 bits per heavy atom. The quantitative estimate of drug-likeness (QED) is 0.267. The lowest BCUT2D eigenvalue weighted by Crippen LogP contribution is -2.20. The summed E-state index contributed by atoms with van der Waals surface area (Å²) in [6.45, 7) is 4.90. The molecule has 4 aromatic rings. The fraction of sp³-hybridized carbons (Fsp3) is 0.240. The van der Waals surface area contributed by atoms with E-state index in [9.17, 15) is 4.79 Å². The van der Waals surface area contributed by atoms with Gasteiger partial charge in [-0.2, -0.15) is 5.10 Å². The van der Waals surface area contributed by atoms with Crippen LogP contribution in [0.4, 0.5) is 5.82 Å². The maximum Gasteiger partial charge on any atom is 0.295 e. The zero-order valence-electron chi connectivity index (χ0n) is 19.8. The number of carbonyl (C=O) groups excluding carboxylic acids is 1. The highest BCUT2D eigenvalue weighted by atomic mass is 32.2. The second-order valence-corrected chi connectivity index (χ2v) is 8.72. The predicted octanol–water partition coefficient (Wildman–Crippen LogP) is 4.08. The largest absolute Gasteiger partial charge is 0.496 e. The summed E-state index contributed by atoms with van der Waals surface area (Å²) in [4.78, 5) is 12.2. The van der Waals surface area contributed by atoms with E-state index in [1.165, 1.54) is 17.5 Å². The third kappa shape index (κ3) is 5.36. The lowest BCUT2D eigenvalue weighted by molar-refractivity contribution is -0.115. The topological polar surface area (TPSA) is 103 Å². The van der Waals surface area contributed by atoms with Crippen LogP contribution in [-0.2, 0) is 17.9 Å². The molecule has 2 N–H and O–H groups in total. The van der Waals surface area contributed by atoms with Crippen molar-refractivity contribution in [1.82, 2.24) is 20.3 Å². The molecule has 0 fully saturated rings. The minimum atomic E-state index is -0.461. The van der Waals surface area contributed by atoms with Crippen molar-refractivity contribution in [3.8, 4) is 23.8 Å². The van der Waals surface area contributed by atoms with Gasteiger partial charge in [-0.1, -0.05) is 5.16 Å². The minimum Gasteiger partial charge on any atom is -0.496 e. The third-order valence-electron chi connectivity index (χ3n) is 5.47. The van der Waals surface area contributed by atoms with Gasteiger partial charge in [0.05, 0.1) is 31.9 Å². The van der Waals surface area contributed by atoms with E-state index in [0.717, 1.165) is 32.7 Å². The number of benzene rings is 2. The van der Waals surface area contributed by atoms with Gasteiger partial charge in [0.1, 0.15) is 16.9 Å². The number of terminal acetylenes is 1. The molecule has 0 aliphatic carbocycles. The number of amides is 1. The molecule has 0 bridgehead atoms. The van der Waals surface area contributed by atoms with Gasteiger partial charge < -0.3 is 24.0 Å². The lowest BCUT2D eigenvalue weighted by atomic mass is 10.1. The number of anilines is 1. The monoisotopic (exact) mass is 491 g/mol. The highest BCUT2D eigenvalue weighted by Gasteiger charge is 2.17. The standard InChI is InChI=1S/C25H25N5O4S/c1-6-23(31)26-11-18-12-27-30(14-18)13-17-9-20(33-5)24-21(10-17)34-28-25(24)29-35-22-8-16(3)15(2)7-19(22)32-4/h1,7-10,12,14H,11,13H2,2-5H3,(H,26,31)(H,28,29). The van der Waals surface area contributed by atoms with Crippen LogP contribution in [0.5, 0.6) is 11.5 Å². The number of hydrogen-bond donors (Lipinski definition) is 2. The van der Waals surface area contributed by atoms with E-state index < -0.39 is 5.91 Å². The first kappa shape index (κ1) is 24.0. The summed E-state index contributed by atoms with van der Waals surface area (Å²) in [7, 11) is 3.26. The fourth-order valence-electron chi connectivity index (χ4n) is 3.52. The van der Waals surface area contributed by atoms with Crippen molar-refractivity contribution in [2.45, 2.75) is 31.8 Å². The summed E-state index contributed by atoms with van der Waals surface area (Å²) in [5, 5.41) is 11.9. The first-order chi connectivity index (χ1) is 16.9. The molecular weight excluding hydrogens is 466 g/mol. The summed E-state index contributed by atoms with van der Waals surface area (Å²) < 4.78 is 21.8. The summed E-state index contributed by atoms with van der Waals surface area (Å²) in [6, 6.07) is 7.91. The van der Waals surface area contributed by atoms with Crippen molar-refractivity contribution in [2.24, 2.45) is 0 Å². The molecule has 0 unspecified atom stereocenters. The van der Waals surface area contributed by atoms with Crippen molar-refractivity contribution in [3.63, 3.8) is 0 Å². The van der Waals surface area contributed by atoms with Crippen LogP contribution in [0.15, 0.2) is 46.1 Å². The van der Waals surface area contributed by atoms with Crippen molar-refractivity contribution in [2.75, 3.05) is 18.9 Å². The Hall–Kier alpha value is -4.10. The number of rotatable bonds is 9. The number of aromatic nitrogens is 3. The van der Waals surface area contributed by atoms with E-state index in [0.29, 0.717) is 30.2 Å². The van der Waals surface area contributed by atoms with Gasteiger partial charge in [-0.15, -0.1) is 6.42 Å². The second-order valence-electron chi connectivity index (χ2n) is 7.87. The molecule has 0 atom stereocenters. The van der Waals surface area contributed by atoms with Crippen LogP contribution in [-0.4, -0.2) is 35.1 Å². The van der Waals surface area contributed by atoms with E-state index in [1.807, 2.05) is 30.3 Å². The molecule has 0 radical (unpaired) electrons. The molecule has 4 rings (SSSR count). The molecule has 35 heavy (non-hydrogen) atoms. The maximum atomic E-state index is 11.2. The third-order valence-corrected chi connectivity index (χ3v) is 6.31. The van der Waals surface area contributed by atoms with Crippen LogP contribution in [0.2, 0.25) is 0 Å². The zero-order valence-corrected chi connectivity index (χ0v) is 20.7. The van der Waals surface area contributed by atoms with Crippen LogP contribution in [0.25, 0.3) is 11.0 Å². The van der Waals surface area contributed by atoms with Gasteiger partial charge in [0.25, 0.3) is 5.91 Å². The average molecular weight is 492 g/mol. The summed E-state index contributed by atoms with van der Waals surface area (Å²) in [6.07, 6.45) is 8.59. The Bertz CT molecular complexity index is 1420. The molecule has 0 spiro atoms. The van der Waals surface area contributed by atoms with Crippen molar-refractivity contribution >= 4 is 34.6 Å². The highest BCUT2D eigenvalue weighted by Crippen LogP contribution is 2.38. The molecule has 0 aliphatic heterocycles. The van der Waals surface area contributed by atoms with E-state index in [1.54, 1.807) is 25.1 Å². The number of methoxy groups -OCH3 is 2. The van der Waals surface area contributed by atoms with E-state index in [4.69, 9.17) is 20.4 Å². The van der Waals surface area contributed by atoms with Crippen molar-refractivity contribution in [3.05, 3.63) is 58.9 Å². The summed E-state index contributed by atoms with van der Waals surface area (Å²) in [5.41, 5.74) is 4.68. The zero-order chi connectivity index (χ0) is 24.9. The molecule has 1 amide bonds. The fourth-order valence-corrected chi connectivity index (χ4v) is 4.35. The molecule has 2 heterocycles. The van der Waals surface area contributed by atoms with E-state index >= 15 is 0 Å². The molecule has 0 aliphatic rings. The number of aryl methyl sites for hydroxylation is 2. The Kier molecular flexibility index (Phi) is 7.17. The van der Waals surface area contributed by atoms with Gasteiger partial charge in [-0.05, 0) is 72.7 Å². The Labute approximate surface area is 207 Å².